The molecule has 0 aromatic heterocycles. The number of para-hydroxylation sites is 1. The molecule has 1 amide bonds. The van der Waals surface area contributed by atoms with Crippen molar-refractivity contribution in [1.82, 2.24) is 5.32 Å². The zero-order valence-corrected chi connectivity index (χ0v) is 12.3. The average molecular weight is 279 g/mol. The first-order valence-electron chi connectivity index (χ1n) is 6.70. The summed E-state index contributed by atoms with van der Waals surface area (Å²) >= 11 is 0. The van der Waals surface area contributed by atoms with Crippen molar-refractivity contribution in [3.05, 3.63) is 33.9 Å². The molecule has 0 radical (unpaired) electrons. The molecular formula is C14H21N3O3. The summed E-state index contributed by atoms with van der Waals surface area (Å²) in [6.07, 6.45) is 0. The summed E-state index contributed by atoms with van der Waals surface area (Å²) in [7, 11) is 0. The lowest BCUT2D eigenvalue weighted by atomic mass is 10.1. The number of nitro groups is 1. The summed E-state index contributed by atoms with van der Waals surface area (Å²) in [5.41, 5.74) is 0.270. The number of nitro benzene ring substituents is 1. The number of nitrogens with one attached hydrogen (secondary N) is 2. The lowest BCUT2D eigenvalue weighted by Crippen LogP contribution is -2.36. The second-order valence-electron chi connectivity index (χ2n) is 5.00. The molecule has 0 aliphatic heterocycles. The summed E-state index contributed by atoms with van der Waals surface area (Å²) in [6, 6.07) is 4.66. The second-order valence-corrected chi connectivity index (χ2v) is 5.00. The minimum atomic E-state index is -0.521. The standard InChI is InChI=1S/C14H21N3O3/c1-5-15-12-8-6-7-11(13(12)17(19)20)14(18)16-10(4)9(2)3/h6-10,15H,5H2,1-4H3,(H,16,18). The Morgan fingerprint density at radius 2 is 2.00 bits per heavy atom. The van der Waals surface area contributed by atoms with Gasteiger partial charge in [-0.25, -0.2) is 0 Å². The van der Waals surface area contributed by atoms with E-state index in [0.29, 0.717) is 12.2 Å². The third-order valence-corrected chi connectivity index (χ3v) is 3.19. The number of amides is 1. The van der Waals surface area contributed by atoms with Gasteiger partial charge < -0.3 is 10.6 Å². The van der Waals surface area contributed by atoms with E-state index in [1.54, 1.807) is 12.1 Å². The van der Waals surface area contributed by atoms with Gasteiger partial charge in [-0.15, -0.1) is 0 Å². The molecular weight excluding hydrogens is 258 g/mol. The largest absolute Gasteiger partial charge is 0.380 e. The number of anilines is 1. The van der Waals surface area contributed by atoms with Crippen molar-refractivity contribution < 1.29 is 9.72 Å². The molecule has 1 unspecified atom stereocenters. The Morgan fingerprint density at radius 1 is 1.35 bits per heavy atom. The van der Waals surface area contributed by atoms with E-state index in [2.05, 4.69) is 10.6 Å². The molecule has 6 heteroatoms. The van der Waals surface area contributed by atoms with Crippen molar-refractivity contribution in [3.63, 3.8) is 0 Å². The second kappa shape index (κ2) is 6.88. The Morgan fingerprint density at radius 3 is 2.50 bits per heavy atom. The van der Waals surface area contributed by atoms with Gasteiger partial charge in [0, 0.05) is 12.6 Å². The van der Waals surface area contributed by atoms with E-state index in [-0.39, 0.29) is 23.2 Å². The highest BCUT2D eigenvalue weighted by Gasteiger charge is 2.25. The number of nitrogens with zero attached hydrogens (tertiary/aromatic N) is 1. The topological polar surface area (TPSA) is 84.3 Å². The van der Waals surface area contributed by atoms with E-state index >= 15 is 0 Å². The van der Waals surface area contributed by atoms with Gasteiger partial charge in [0.25, 0.3) is 5.91 Å². The van der Waals surface area contributed by atoms with E-state index in [9.17, 15) is 14.9 Å². The van der Waals surface area contributed by atoms with Crippen LogP contribution in [0.1, 0.15) is 38.1 Å². The van der Waals surface area contributed by atoms with Crippen LogP contribution in [0.4, 0.5) is 11.4 Å². The number of benzene rings is 1. The minimum Gasteiger partial charge on any atom is -0.380 e. The highest BCUT2D eigenvalue weighted by atomic mass is 16.6. The highest BCUT2D eigenvalue weighted by Crippen LogP contribution is 2.28. The normalized spacial score (nSPS) is 12.1. The Balaban J connectivity index is 3.14. The van der Waals surface area contributed by atoms with Gasteiger partial charge in [-0.2, -0.15) is 0 Å². The molecule has 0 spiro atoms. The molecule has 1 aromatic carbocycles. The van der Waals surface area contributed by atoms with E-state index < -0.39 is 10.8 Å². The monoisotopic (exact) mass is 279 g/mol. The third kappa shape index (κ3) is 3.69. The molecule has 0 aliphatic rings. The molecule has 0 heterocycles. The van der Waals surface area contributed by atoms with E-state index in [1.807, 2.05) is 27.7 Å². The molecule has 0 fully saturated rings. The van der Waals surface area contributed by atoms with Crippen molar-refractivity contribution in [2.24, 2.45) is 5.92 Å². The van der Waals surface area contributed by atoms with Crippen molar-refractivity contribution in [3.8, 4) is 0 Å². The van der Waals surface area contributed by atoms with Crippen LogP contribution in [-0.4, -0.2) is 23.4 Å². The van der Waals surface area contributed by atoms with Crippen LogP contribution in [-0.2, 0) is 0 Å². The van der Waals surface area contributed by atoms with Gasteiger partial charge in [0.05, 0.1) is 4.92 Å². The predicted octanol–water partition coefficient (Wildman–Crippen LogP) is 2.80. The molecule has 0 bridgehead atoms. The fourth-order valence-corrected chi connectivity index (χ4v) is 1.71. The number of rotatable bonds is 6. The molecule has 6 nitrogen and oxygen atoms in total. The number of hydrogen-bond donors (Lipinski definition) is 2. The summed E-state index contributed by atoms with van der Waals surface area (Å²) in [6.45, 7) is 8.23. The Hall–Kier alpha value is -2.11. The predicted molar refractivity (Wildman–Crippen MR) is 79.0 cm³/mol. The lowest BCUT2D eigenvalue weighted by molar-refractivity contribution is -0.384. The molecule has 110 valence electrons. The van der Waals surface area contributed by atoms with Crippen molar-refractivity contribution in [1.29, 1.82) is 0 Å². The van der Waals surface area contributed by atoms with Crippen molar-refractivity contribution >= 4 is 17.3 Å². The summed E-state index contributed by atoms with van der Waals surface area (Å²) in [5, 5.41) is 16.9. The van der Waals surface area contributed by atoms with Crippen LogP contribution in [0.5, 0.6) is 0 Å². The van der Waals surface area contributed by atoms with Crippen molar-refractivity contribution in [2.45, 2.75) is 33.7 Å². The average Bonchev–Trinajstić information content (AvgIpc) is 2.38. The van der Waals surface area contributed by atoms with Gasteiger partial charge in [0.2, 0.25) is 0 Å². The quantitative estimate of drug-likeness (QED) is 0.619. The smallest absolute Gasteiger partial charge is 0.305 e. The highest BCUT2D eigenvalue weighted by molar-refractivity contribution is 6.00. The summed E-state index contributed by atoms with van der Waals surface area (Å²) < 4.78 is 0. The summed E-state index contributed by atoms with van der Waals surface area (Å²) in [4.78, 5) is 22.9. The lowest BCUT2D eigenvalue weighted by Gasteiger charge is -2.17. The van der Waals surface area contributed by atoms with Crippen LogP contribution in [0.15, 0.2) is 18.2 Å². The van der Waals surface area contributed by atoms with Crippen LogP contribution in [0.2, 0.25) is 0 Å². The van der Waals surface area contributed by atoms with Crippen molar-refractivity contribution in [2.75, 3.05) is 11.9 Å². The fourth-order valence-electron chi connectivity index (χ4n) is 1.71. The van der Waals surface area contributed by atoms with E-state index in [4.69, 9.17) is 0 Å². The van der Waals surface area contributed by atoms with E-state index in [1.165, 1.54) is 6.07 Å². The van der Waals surface area contributed by atoms with Crippen LogP contribution >= 0.6 is 0 Å². The maximum absolute atomic E-state index is 12.2. The van der Waals surface area contributed by atoms with Gasteiger partial charge in [-0.3, -0.25) is 14.9 Å². The molecule has 0 saturated heterocycles. The van der Waals surface area contributed by atoms with Gasteiger partial charge in [-0.05, 0) is 31.9 Å². The van der Waals surface area contributed by atoms with Gasteiger partial charge in [0.15, 0.2) is 0 Å². The maximum Gasteiger partial charge on any atom is 0.305 e. The molecule has 20 heavy (non-hydrogen) atoms. The molecule has 1 rings (SSSR count). The SMILES string of the molecule is CCNc1cccc(C(=O)NC(C)C(C)C)c1[N+](=O)[O-]. The van der Waals surface area contributed by atoms with Crippen LogP contribution < -0.4 is 10.6 Å². The zero-order valence-electron chi connectivity index (χ0n) is 12.3. The van der Waals surface area contributed by atoms with Gasteiger partial charge in [-0.1, -0.05) is 19.9 Å². The van der Waals surface area contributed by atoms with Crippen LogP contribution in [0, 0.1) is 16.0 Å². The Kier molecular flexibility index (Phi) is 5.49. The first-order valence-corrected chi connectivity index (χ1v) is 6.70. The van der Waals surface area contributed by atoms with Gasteiger partial charge in [0.1, 0.15) is 11.3 Å². The minimum absolute atomic E-state index is 0.0510. The van der Waals surface area contributed by atoms with Gasteiger partial charge >= 0.3 is 5.69 Å². The molecule has 0 aliphatic carbocycles. The molecule has 0 saturated carbocycles. The first-order chi connectivity index (χ1) is 9.38. The third-order valence-electron chi connectivity index (χ3n) is 3.19. The Labute approximate surface area is 118 Å². The summed E-state index contributed by atoms with van der Waals surface area (Å²) in [5.74, 6) is -0.160. The molecule has 2 N–H and O–H groups in total. The number of hydrogen-bond acceptors (Lipinski definition) is 4. The molecule has 1 atom stereocenters. The number of carbonyl (C=O) groups excluding carboxylic acids is 1. The fraction of sp³-hybridized carbons (Fsp3) is 0.500. The molecule has 1 aromatic rings. The van der Waals surface area contributed by atoms with E-state index in [0.717, 1.165) is 0 Å². The maximum atomic E-state index is 12.2. The Bertz CT molecular complexity index is 500. The first kappa shape index (κ1) is 15.9. The zero-order chi connectivity index (χ0) is 15.3. The van der Waals surface area contributed by atoms with Crippen LogP contribution in [0.25, 0.3) is 0 Å². The number of carbonyl (C=O) groups is 1. The van der Waals surface area contributed by atoms with Crippen LogP contribution in [0.3, 0.4) is 0 Å².